The second-order valence-corrected chi connectivity index (χ2v) is 7.50. The van der Waals surface area contributed by atoms with E-state index in [9.17, 15) is 4.79 Å². The molecule has 2 heterocycles. The average molecular weight is 402 g/mol. The van der Waals surface area contributed by atoms with E-state index >= 15 is 0 Å². The minimum atomic E-state index is -0.309. The van der Waals surface area contributed by atoms with Crippen molar-refractivity contribution in [3.63, 3.8) is 0 Å². The molecule has 1 N–H and O–H groups in total. The molecule has 2 aromatic carbocycles. The number of nitrogens with zero attached hydrogens (tertiary/aromatic N) is 2. The highest BCUT2D eigenvalue weighted by atomic mass is 35.5. The molecule has 2 aromatic heterocycles. The van der Waals surface area contributed by atoms with Crippen LogP contribution in [-0.4, -0.2) is 15.3 Å². The second kappa shape index (κ2) is 6.76. The van der Waals surface area contributed by atoms with Gasteiger partial charge in [-0.3, -0.25) is 9.20 Å². The van der Waals surface area contributed by atoms with Gasteiger partial charge in [0.1, 0.15) is 0 Å². The number of benzene rings is 2. The van der Waals surface area contributed by atoms with Crippen LogP contribution in [0, 0.1) is 6.92 Å². The largest absolute Gasteiger partial charge is 0.322 e. The van der Waals surface area contributed by atoms with Crippen LogP contribution in [0.1, 0.15) is 16.1 Å². The molecular formula is C19H13Cl2N3OS. The standard InChI is InChI=1S/C19H13Cl2N3OS/c1-11-10-26-19-23-17(9-24(11)19)12-3-2-4-14(7-12)22-18(25)15-8-13(20)5-6-16(15)21/h2-10H,1H3,(H,22,25). The van der Waals surface area contributed by atoms with E-state index in [1.807, 2.05) is 37.4 Å². The average Bonchev–Trinajstić information content (AvgIpc) is 3.19. The first-order valence-electron chi connectivity index (χ1n) is 7.81. The normalized spacial score (nSPS) is 11.0. The van der Waals surface area contributed by atoms with Crippen molar-refractivity contribution in [2.75, 3.05) is 5.32 Å². The number of fused-ring (bicyclic) bond motifs is 1. The predicted octanol–water partition coefficient (Wildman–Crippen LogP) is 5.93. The smallest absolute Gasteiger partial charge is 0.257 e. The number of nitrogens with one attached hydrogen (secondary N) is 1. The van der Waals surface area contributed by atoms with Crippen LogP contribution in [0.25, 0.3) is 16.2 Å². The molecule has 0 unspecified atom stereocenters. The first-order chi connectivity index (χ1) is 12.5. The monoisotopic (exact) mass is 401 g/mol. The number of aromatic nitrogens is 2. The van der Waals surface area contributed by atoms with Gasteiger partial charge in [0.25, 0.3) is 5.91 Å². The highest BCUT2D eigenvalue weighted by Gasteiger charge is 2.13. The summed E-state index contributed by atoms with van der Waals surface area (Å²) in [4.78, 5) is 18.1. The lowest BCUT2D eigenvalue weighted by molar-refractivity contribution is 0.102. The van der Waals surface area contributed by atoms with Gasteiger partial charge in [0, 0.05) is 33.5 Å². The molecule has 0 aliphatic heterocycles. The van der Waals surface area contributed by atoms with E-state index in [2.05, 4.69) is 20.1 Å². The first kappa shape index (κ1) is 17.1. The predicted molar refractivity (Wildman–Crippen MR) is 108 cm³/mol. The molecule has 26 heavy (non-hydrogen) atoms. The van der Waals surface area contributed by atoms with Crippen molar-refractivity contribution >= 4 is 51.1 Å². The summed E-state index contributed by atoms with van der Waals surface area (Å²) in [6, 6.07) is 12.4. The summed E-state index contributed by atoms with van der Waals surface area (Å²) >= 11 is 13.7. The number of aryl methyl sites for hydroxylation is 1. The molecule has 4 aromatic rings. The molecular weight excluding hydrogens is 389 g/mol. The third-order valence-corrected chi connectivity index (χ3v) is 5.50. The number of thiazole rings is 1. The summed E-state index contributed by atoms with van der Waals surface area (Å²) in [5.41, 5.74) is 3.93. The molecule has 0 saturated carbocycles. The van der Waals surface area contributed by atoms with Gasteiger partial charge in [-0.1, -0.05) is 35.3 Å². The van der Waals surface area contributed by atoms with Gasteiger partial charge in [-0.15, -0.1) is 11.3 Å². The van der Waals surface area contributed by atoms with Crippen molar-refractivity contribution in [3.05, 3.63) is 75.3 Å². The maximum atomic E-state index is 12.5. The van der Waals surface area contributed by atoms with Gasteiger partial charge in [-0.05, 0) is 37.3 Å². The molecule has 0 aliphatic rings. The first-order valence-corrected chi connectivity index (χ1v) is 9.45. The summed E-state index contributed by atoms with van der Waals surface area (Å²) in [6.07, 6.45) is 2.00. The zero-order chi connectivity index (χ0) is 18.3. The molecule has 0 aliphatic carbocycles. The zero-order valence-corrected chi connectivity index (χ0v) is 16.0. The fraction of sp³-hybridized carbons (Fsp3) is 0.0526. The van der Waals surface area contributed by atoms with E-state index in [4.69, 9.17) is 23.2 Å². The van der Waals surface area contributed by atoms with E-state index < -0.39 is 0 Å². The van der Waals surface area contributed by atoms with Crippen molar-refractivity contribution in [3.8, 4) is 11.3 Å². The SMILES string of the molecule is Cc1csc2nc(-c3cccc(NC(=O)c4cc(Cl)ccc4Cl)c3)cn12. The lowest BCUT2D eigenvalue weighted by Gasteiger charge is -2.08. The Hall–Kier alpha value is -2.34. The maximum Gasteiger partial charge on any atom is 0.257 e. The van der Waals surface area contributed by atoms with Crippen LogP contribution < -0.4 is 5.32 Å². The summed E-state index contributed by atoms with van der Waals surface area (Å²) in [5.74, 6) is -0.309. The molecule has 0 saturated heterocycles. The van der Waals surface area contributed by atoms with Crippen molar-refractivity contribution in [2.24, 2.45) is 0 Å². The van der Waals surface area contributed by atoms with E-state index in [1.54, 1.807) is 29.5 Å². The number of carbonyl (C=O) groups excluding carboxylic acids is 1. The Morgan fingerprint density at radius 1 is 1.19 bits per heavy atom. The van der Waals surface area contributed by atoms with Crippen LogP contribution in [-0.2, 0) is 0 Å². The third-order valence-electron chi connectivity index (χ3n) is 3.98. The molecule has 0 bridgehead atoms. The number of rotatable bonds is 3. The Morgan fingerprint density at radius 3 is 2.85 bits per heavy atom. The Kier molecular flexibility index (Phi) is 4.44. The van der Waals surface area contributed by atoms with Gasteiger partial charge < -0.3 is 5.32 Å². The molecule has 7 heteroatoms. The summed E-state index contributed by atoms with van der Waals surface area (Å²) in [5, 5.41) is 5.74. The summed E-state index contributed by atoms with van der Waals surface area (Å²) < 4.78 is 2.05. The number of carbonyl (C=O) groups is 1. The zero-order valence-electron chi connectivity index (χ0n) is 13.7. The van der Waals surface area contributed by atoms with Crippen molar-refractivity contribution in [1.82, 2.24) is 9.38 Å². The fourth-order valence-electron chi connectivity index (χ4n) is 2.66. The Morgan fingerprint density at radius 2 is 2.04 bits per heavy atom. The molecule has 4 rings (SSSR count). The lowest BCUT2D eigenvalue weighted by atomic mass is 10.1. The van der Waals surface area contributed by atoms with Crippen LogP contribution in [0.5, 0.6) is 0 Å². The molecule has 0 spiro atoms. The van der Waals surface area contributed by atoms with Crippen LogP contribution >= 0.6 is 34.5 Å². The van der Waals surface area contributed by atoms with E-state index in [1.165, 1.54) is 0 Å². The van der Waals surface area contributed by atoms with Gasteiger partial charge in [0.15, 0.2) is 4.96 Å². The number of anilines is 1. The molecule has 0 radical (unpaired) electrons. The van der Waals surface area contributed by atoms with Crippen LogP contribution in [0.2, 0.25) is 10.0 Å². The maximum absolute atomic E-state index is 12.5. The van der Waals surface area contributed by atoms with Crippen molar-refractivity contribution < 1.29 is 4.79 Å². The number of halogens is 2. The van der Waals surface area contributed by atoms with Crippen LogP contribution in [0.3, 0.4) is 0 Å². The van der Waals surface area contributed by atoms with E-state index in [-0.39, 0.29) is 5.91 Å². The summed E-state index contributed by atoms with van der Waals surface area (Å²) in [6.45, 7) is 2.04. The van der Waals surface area contributed by atoms with E-state index in [0.29, 0.717) is 21.3 Å². The number of hydrogen-bond donors (Lipinski definition) is 1. The quantitative estimate of drug-likeness (QED) is 0.462. The fourth-order valence-corrected chi connectivity index (χ4v) is 3.89. The molecule has 1 amide bonds. The highest BCUT2D eigenvalue weighted by molar-refractivity contribution is 7.15. The minimum absolute atomic E-state index is 0.309. The third kappa shape index (κ3) is 3.21. The Labute approximate surface area is 164 Å². The minimum Gasteiger partial charge on any atom is -0.322 e. The van der Waals surface area contributed by atoms with Crippen LogP contribution in [0.15, 0.2) is 54.0 Å². The Bertz CT molecular complexity index is 1130. The topological polar surface area (TPSA) is 46.4 Å². The number of amides is 1. The number of imidazole rings is 1. The van der Waals surface area contributed by atoms with Gasteiger partial charge in [0.2, 0.25) is 0 Å². The van der Waals surface area contributed by atoms with Gasteiger partial charge in [0.05, 0.1) is 16.3 Å². The molecule has 0 atom stereocenters. The van der Waals surface area contributed by atoms with Gasteiger partial charge in [-0.2, -0.15) is 0 Å². The van der Waals surface area contributed by atoms with Gasteiger partial charge in [-0.25, -0.2) is 4.98 Å². The highest BCUT2D eigenvalue weighted by Crippen LogP contribution is 2.26. The summed E-state index contributed by atoms with van der Waals surface area (Å²) in [7, 11) is 0. The van der Waals surface area contributed by atoms with Crippen molar-refractivity contribution in [1.29, 1.82) is 0 Å². The molecule has 130 valence electrons. The van der Waals surface area contributed by atoms with Gasteiger partial charge >= 0.3 is 0 Å². The molecule has 4 nitrogen and oxygen atoms in total. The molecule has 0 fully saturated rings. The van der Waals surface area contributed by atoms with Crippen LogP contribution in [0.4, 0.5) is 5.69 Å². The number of hydrogen-bond acceptors (Lipinski definition) is 3. The van der Waals surface area contributed by atoms with E-state index in [0.717, 1.165) is 21.9 Å². The lowest BCUT2D eigenvalue weighted by Crippen LogP contribution is -2.12. The van der Waals surface area contributed by atoms with Crippen molar-refractivity contribution in [2.45, 2.75) is 6.92 Å². The second-order valence-electron chi connectivity index (χ2n) is 5.81. The Balaban J connectivity index is 1.63.